The molecule has 0 atom stereocenters. The summed E-state index contributed by atoms with van der Waals surface area (Å²) in [5, 5.41) is 0. The van der Waals surface area contributed by atoms with Gasteiger partial charge in [0.05, 0.1) is 17.8 Å². The fourth-order valence-electron chi connectivity index (χ4n) is 4.42. The molecule has 0 spiro atoms. The molecular formula is C31H28N2O. The molecule has 1 aliphatic heterocycles. The van der Waals surface area contributed by atoms with Gasteiger partial charge in [-0.25, -0.2) is 0 Å². The van der Waals surface area contributed by atoms with Crippen LogP contribution in [0.25, 0.3) is 6.08 Å². The summed E-state index contributed by atoms with van der Waals surface area (Å²) < 4.78 is 0. The topological polar surface area (TPSA) is 23.6 Å². The zero-order chi connectivity index (χ0) is 23.5. The van der Waals surface area contributed by atoms with Gasteiger partial charge in [-0.2, -0.15) is 0 Å². The van der Waals surface area contributed by atoms with Crippen molar-refractivity contribution in [3.05, 3.63) is 137 Å². The maximum absolute atomic E-state index is 14.0. The van der Waals surface area contributed by atoms with E-state index in [1.165, 1.54) is 16.7 Å². The highest BCUT2D eigenvalue weighted by Crippen LogP contribution is 2.34. The van der Waals surface area contributed by atoms with Crippen LogP contribution < -0.4 is 9.80 Å². The first-order chi connectivity index (χ1) is 16.6. The van der Waals surface area contributed by atoms with Crippen LogP contribution in [0.5, 0.6) is 0 Å². The zero-order valence-electron chi connectivity index (χ0n) is 19.6. The largest absolute Gasteiger partial charge is 0.361 e. The number of fused-ring (bicyclic) bond motifs is 1. The van der Waals surface area contributed by atoms with Crippen LogP contribution in [0.15, 0.2) is 109 Å². The normalized spacial score (nSPS) is 14.8. The number of carbonyl (C=O) groups is 1. The molecule has 0 bridgehead atoms. The van der Waals surface area contributed by atoms with E-state index in [-0.39, 0.29) is 5.91 Å². The Morgan fingerprint density at radius 3 is 2.06 bits per heavy atom. The summed E-state index contributed by atoms with van der Waals surface area (Å²) in [6, 6.07) is 35.0. The average molecular weight is 445 g/mol. The Kier molecular flexibility index (Phi) is 6.01. The Hall–Kier alpha value is -4.11. The third-order valence-corrected chi connectivity index (χ3v) is 6.24. The number of aryl methyl sites for hydroxylation is 2. The Labute approximate surface area is 201 Å². The van der Waals surface area contributed by atoms with Crippen molar-refractivity contribution >= 4 is 23.4 Å². The fourth-order valence-corrected chi connectivity index (χ4v) is 4.42. The number of hydrogen-bond donors (Lipinski definition) is 0. The highest BCUT2D eigenvalue weighted by molar-refractivity contribution is 6.13. The van der Waals surface area contributed by atoms with Crippen molar-refractivity contribution in [1.29, 1.82) is 0 Å². The maximum atomic E-state index is 14.0. The van der Waals surface area contributed by atoms with Crippen LogP contribution in [-0.2, 0) is 6.54 Å². The second-order valence-electron chi connectivity index (χ2n) is 8.88. The predicted octanol–water partition coefficient (Wildman–Crippen LogP) is 7.01. The number of amides is 1. The van der Waals surface area contributed by atoms with Crippen molar-refractivity contribution in [3.63, 3.8) is 0 Å². The lowest BCUT2D eigenvalue weighted by Crippen LogP contribution is -2.32. The quantitative estimate of drug-likeness (QED) is 0.338. The number of anilines is 2. The first-order valence-corrected chi connectivity index (χ1v) is 11.6. The van der Waals surface area contributed by atoms with Crippen LogP contribution in [0.4, 0.5) is 11.4 Å². The average Bonchev–Trinajstić information content (AvgIpc) is 2.97. The monoisotopic (exact) mass is 444 g/mol. The van der Waals surface area contributed by atoms with Gasteiger partial charge in [0.15, 0.2) is 0 Å². The van der Waals surface area contributed by atoms with E-state index in [0.29, 0.717) is 12.1 Å². The Morgan fingerprint density at radius 2 is 1.35 bits per heavy atom. The number of nitrogens with zero attached hydrogens (tertiary/aromatic N) is 2. The van der Waals surface area contributed by atoms with Crippen LogP contribution in [0, 0.1) is 13.8 Å². The molecule has 1 amide bonds. The number of benzene rings is 4. The van der Waals surface area contributed by atoms with E-state index in [2.05, 4.69) is 91.6 Å². The molecular weight excluding hydrogens is 416 g/mol. The van der Waals surface area contributed by atoms with Gasteiger partial charge in [-0.15, -0.1) is 0 Å². The summed E-state index contributed by atoms with van der Waals surface area (Å²) >= 11 is 0. The number of para-hydroxylation sites is 1. The summed E-state index contributed by atoms with van der Waals surface area (Å²) in [7, 11) is 0. The Balaban J connectivity index is 1.66. The van der Waals surface area contributed by atoms with E-state index in [1.807, 2.05) is 41.3 Å². The van der Waals surface area contributed by atoms with Gasteiger partial charge in [0.1, 0.15) is 0 Å². The third kappa shape index (κ3) is 4.51. The molecule has 4 aromatic rings. The summed E-state index contributed by atoms with van der Waals surface area (Å²) in [4.78, 5) is 18.2. The lowest BCUT2D eigenvalue weighted by molar-refractivity contribution is 0.0997. The number of hydrogen-bond acceptors (Lipinski definition) is 2. The fraction of sp³-hybridized carbons (Fsp3) is 0.129. The highest BCUT2D eigenvalue weighted by atomic mass is 16.2. The number of rotatable bonds is 4. The molecule has 5 rings (SSSR count). The minimum absolute atomic E-state index is 0.00613. The molecule has 3 heteroatoms. The molecule has 0 fully saturated rings. The molecule has 0 aromatic heterocycles. The van der Waals surface area contributed by atoms with Crippen LogP contribution in [-0.4, -0.2) is 12.5 Å². The molecule has 0 saturated carbocycles. The van der Waals surface area contributed by atoms with Crippen molar-refractivity contribution in [2.24, 2.45) is 0 Å². The molecule has 0 radical (unpaired) electrons. The first kappa shape index (κ1) is 21.7. The number of carbonyl (C=O) groups excluding carboxylic acids is 1. The third-order valence-electron chi connectivity index (χ3n) is 6.24. The van der Waals surface area contributed by atoms with Crippen molar-refractivity contribution in [3.8, 4) is 0 Å². The first-order valence-electron chi connectivity index (χ1n) is 11.6. The van der Waals surface area contributed by atoms with Crippen LogP contribution in [0.3, 0.4) is 0 Å². The molecule has 0 saturated heterocycles. The summed E-state index contributed by atoms with van der Waals surface area (Å²) in [5.74, 6) is -0.00613. The van der Waals surface area contributed by atoms with Crippen molar-refractivity contribution in [2.45, 2.75) is 20.4 Å². The van der Waals surface area contributed by atoms with E-state index in [4.69, 9.17) is 0 Å². The van der Waals surface area contributed by atoms with Crippen LogP contribution >= 0.6 is 0 Å². The smallest absolute Gasteiger partial charge is 0.264 e. The second-order valence-corrected chi connectivity index (χ2v) is 8.88. The van der Waals surface area contributed by atoms with E-state index >= 15 is 0 Å². The molecule has 4 aromatic carbocycles. The Bertz CT molecular complexity index is 1320. The van der Waals surface area contributed by atoms with E-state index in [9.17, 15) is 4.79 Å². The summed E-state index contributed by atoms with van der Waals surface area (Å²) in [5.41, 5.74) is 8.18. The lowest BCUT2D eigenvalue weighted by Gasteiger charge is -2.27. The second kappa shape index (κ2) is 9.40. The van der Waals surface area contributed by atoms with E-state index in [1.54, 1.807) is 0 Å². The van der Waals surface area contributed by atoms with Crippen molar-refractivity contribution < 1.29 is 4.79 Å². The molecule has 0 unspecified atom stereocenters. The molecule has 0 aliphatic carbocycles. The predicted molar refractivity (Wildman–Crippen MR) is 141 cm³/mol. The van der Waals surface area contributed by atoms with Gasteiger partial charge in [0, 0.05) is 17.9 Å². The molecule has 168 valence electrons. The molecule has 3 nitrogen and oxygen atoms in total. The Morgan fingerprint density at radius 1 is 0.735 bits per heavy atom. The van der Waals surface area contributed by atoms with Crippen molar-refractivity contribution in [1.82, 2.24) is 0 Å². The van der Waals surface area contributed by atoms with Crippen LogP contribution in [0.2, 0.25) is 0 Å². The molecule has 1 heterocycles. The van der Waals surface area contributed by atoms with Crippen LogP contribution in [0.1, 0.15) is 32.6 Å². The van der Waals surface area contributed by atoms with E-state index in [0.717, 1.165) is 29.2 Å². The summed E-state index contributed by atoms with van der Waals surface area (Å²) in [6.07, 6.45) is 2.14. The van der Waals surface area contributed by atoms with Gasteiger partial charge in [-0.1, -0.05) is 90.0 Å². The van der Waals surface area contributed by atoms with Gasteiger partial charge >= 0.3 is 0 Å². The maximum Gasteiger partial charge on any atom is 0.264 e. The molecule has 1 aliphatic rings. The standard InChI is InChI=1S/C31H28N2O/c1-23-12-16-25(17-13-23)20-28-22-32(21-26-8-4-3-5-9-26)30-11-7-6-10-29(30)31(34)33(28)27-18-14-24(2)15-19-27/h3-20H,21-22H2,1-2H3/b28-20-. The van der Waals surface area contributed by atoms with Gasteiger partial charge in [-0.3, -0.25) is 9.69 Å². The zero-order valence-corrected chi connectivity index (χ0v) is 19.6. The molecule has 34 heavy (non-hydrogen) atoms. The van der Waals surface area contributed by atoms with E-state index < -0.39 is 0 Å². The lowest BCUT2D eigenvalue weighted by atomic mass is 10.1. The SMILES string of the molecule is Cc1ccc(/C=C2/CN(Cc3ccccc3)c3ccccc3C(=O)N2c2ccc(C)cc2)cc1. The highest BCUT2D eigenvalue weighted by Gasteiger charge is 2.30. The minimum Gasteiger partial charge on any atom is -0.361 e. The van der Waals surface area contributed by atoms with Gasteiger partial charge in [0.2, 0.25) is 0 Å². The molecule has 0 N–H and O–H groups in total. The van der Waals surface area contributed by atoms with Crippen molar-refractivity contribution in [2.75, 3.05) is 16.3 Å². The van der Waals surface area contributed by atoms with Gasteiger partial charge in [0.25, 0.3) is 5.91 Å². The van der Waals surface area contributed by atoms with Gasteiger partial charge in [-0.05, 0) is 55.3 Å². The summed E-state index contributed by atoms with van der Waals surface area (Å²) in [6.45, 7) is 5.48. The minimum atomic E-state index is -0.00613. The van der Waals surface area contributed by atoms with Gasteiger partial charge < -0.3 is 4.90 Å².